The molecule has 1 aliphatic rings. The minimum absolute atomic E-state index is 0.801. The van der Waals surface area contributed by atoms with Gasteiger partial charge in [-0.25, -0.2) is 0 Å². The Hall–Kier alpha value is -6.06. The van der Waals surface area contributed by atoms with E-state index in [9.17, 15) is 0 Å². The third-order valence-electron chi connectivity index (χ3n) is 9.78. The number of anilines is 1. The number of nitrogens with zero attached hydrogens (tertiary/aromatic N) is 1. The lowest BCUT2D eigenvalue weighted by Gasteiger charge is -2.24. The SMILES string of the molecule is c1ccc(N2Cc3cc(-c4cccc5c4oc4ccccc45)ccc3-c3cc(-c4cccc5oc6ccccc6c45)ccc3C2)cc1. The highest BCUT2D eigenvalue weighted by molar-refractivity contribution is 6.13. The summed E-state index contributed by atoms with van der Waals surface area (Å²) in [7, 11) is 0. The summed E-state index contributed by atoms with van der Waals surface area (Å²) in [5.41, 5.74) is 14.7. The molecule has 0 amide bonds. The Balaban J connectivity index is 1.17. The zero-order valence-electron chi connectivity index (χ0n) is 25.6. The van der Waals surface area contributed by atoms with Crippen LogP contribution >= 0.6 is 0 Å². The van der Waals surface area contributed by atoms with E-state index in [1.54, 1.807) is 0 Å². The van der Waals surface area contributed by atoms with Crippen molar-refractivity contribution in [3.63, 3.8) is 0 Å². The number of benzene rings is 7. The van der Waals surface area contributed by atoms with Crippen LogP contribution in [0.15, 0.2) is 160 Å². The maximum atomic E-state index is 6.46. The molecule has 0 bridgehead atoms. The van der Waals surface area contributed by atoms with E-state index in [1.165, 1.54) is 39.1 Å². The van der Waals surface area contributed by atoms with Crippen LogP contribution in [0.4, 0.5) is 5.69 Å². The summed E-state index contributed by atoms with van der Waals surface area (Å²) in [6.45, 7) is 1.62. The first-order valence-electron chi connectivity index (χ1n) is 16.2. The highest BCUT2D eigenvalue weighted by Crippen LogP contribution is 2.43. The third-order valence-corrected chi connectivity index (χ3v) is 9.78. The first kappa shape index (κ1) is 26.2. The highest BCUT2D eigenvalue weighted by atomic mass is 16.3. The molecule has 0 N–H and O–H groups in total. The topological polar surface area (TPSA) is 29.5 Å². The predicted octanol–water partition coefficient (Wildman–Crippen LogP) is 12.0. The van der Waals surface area contributed by atoms with Gasteiger partial charge in [-0.1, -0.05) is 109 Å². The van der Waals surface area contributed by atoms with E-state index in [0.29, 0.717) is 0 Å². The molecule has 9 aromatic rings. The molecule has 1 aliphatic heterocycles. The molecule has 2 aromatic heterocycles. The number of para-hydroxylation sites is 4. The van der Waals surface area contributed by atoms with Crippen molar-refractivity contribution < 1.29 is 8.83 Å². The van der Waals surface area contributed by atoms with E-state index in [4.69, 9.17) is 8.83 Å². The van der Waals surface area contributed by atoms with E-state index in [2.05, 4.69) is 138 Å². The van der Waals surface area contributed by atoms with Crippen LogP contribution in [-0.4, -0.2) is 0 Å². The molecule has 7 aromatic carbocycles. The Bertz CT molecular complexity index is 2640. The third kappa shape index (κ3) is 4.13. The fourth-order valence-electron chi connectivity index (χ4n) is 7.57. The number of fused-ring (bicyclic) bond motifs is 9. The van der Waals surface area contributed by atoms with Gasteiger partial charge in [0, 0.05) is 45.9 Å². The van der Waals surface area contributed by atoms with Gasteiger partial charge in [-0.2, -0.15) is 0 Å². The van der Waals surface area contributed by atoms with Gasteiger partial charge < -0.3 is 13.7 Å². The van der Waals surface area contributed by atoms with Gasteiger partial charge in [-0.3, -0.25) is 0 Å². The molecule has 222 valence electrons. The van der Waals surface area contributed by atoms with Gasteiger partial charge in [-0.15, -0.1) is 0 Å². The Morgan fingerprint density at radius 1 is 0.404 bits per heavy atom. The Labute approximate surface area is 271 Å². The Morgan fingerprint density at radius 3 is 1.96 bits per heavy atom. The average Bonchev–Trinajstić information content (AvgIpc) is 3.65. The van der Waals surface area contributed by atoms with Crippen molar-refractivity contribution in [2.45, 2.75) is 13.1 Å². The summed E-state index contributed by atoms with van der Waals surface area (Å²) in [6, 6.07) is 54.2. The predicted molar refractivity (Wildman–Crippen MR) is 194 cm³/mol. The van der Waals surface area contributed by atoms with Crippen LogP contribution in [0.1, 0.15) is 11.1 Å². The first-order chi connectivity index (χ1) is 23.3. The molecule has 10 rings (SSSR count). The van der Waals surface area contributed by atoms with E-state index < -0.39 is 0 Å². The van der Waals surface area contributed by atoms with Crippen LogP contribution in [0.5, 0.6) is 0 Å². The second-order valence-corrected chi connectivity index (χ2v) is 12.5. The molecule has 0 spiro atoms. The lowest BCUT2D eigenvalue weighted by atomic mass is 9.90. The summed E-state index contributed by atoms with van der Waals surface area (Å²) in [4.78, 5) is 2.49. The molecule has 0 fully saturated rings. The van der Waals surface area contributed by atoms with Crippen molar-refractivity contribution in [3.8, 4) is 33.4 Å². The van der Waals surface area contributed by atoms with E-state index in [1.807, 2.05) is 18.2 Å². The van der Waals surface area contributed by atoms with Crippen molar-refractivity contribution in [2.75, 3.05) is 4.90 Å². The molecule has 3 heterocycles. The van der Waals surface area contributed by atoms with Crippen LogP contribution in [0.3, 0.4) is 0 Å². The summed E-state index contributed by atoms with van der Waals surface area (Å²) in [5, 5.41) is 4.61. The normalized spacial score (nSPS) is 12.9. The maximum absolute atomic E-state index is 6.46. The van der Waals surface area contributed by atoms with E-state index in [-0.39, 0.29) is 0 Å². The fourth-order valence-corrected chi connectivity index (χ4v) is 7.57. The molecule has 0 saturated heterocycles. The summed E-state index contributed by atoms with van der Waals surface area (Å²) < 4.78 is 12.7. The van der Waals surface area contributed by atoms with Crippen molar-refractivity contribution in [2.24, 2.45) is 0 Å². The molecule has 3 nitrogen and oxygen atoms in total. The Kier molecular flexibility index (Phi) is 5.70. The molecular weight excluding hydrogens is 574 g/mol. The van der Waals surface area contributed by atoms with Crippen molar-refractivity contribution in [1.82, 2.24) is 0 Å². The van der Waals surface area contributed by atoms with E-state index >= 15 is 0 Å². The number of hydrogen-bond donors (Lipinski definition) is 0. The molecule has 0 atom stereocenters. The van der Waals surface area contributed by atoms with Crippen LogP contribution in [-0.2, 0) is 13.1 Å². The molecule has 0 unspecified atom stereocenters. The van der Waals surface area contributed by atoms with Gasteiger partial charge in [0.05, 0.1) is 0 Å². The van der Waals surface area contributed by atoms with E-state index in [0.717, 1.165) is 68.1 Å². The van der Waals surface area contributed by atoms with Crippen LogP contribution in [0, 0.1) is 0 Å². The quantitative estimate of drug-likeness (QED) is 0.201. The van der Waals surface area contributed by atoms with Gasteiger partial charge in [0.1, 0.15) is 22.3 Å². The standard InChI is InChI=1S/C44H29NO2/c1-2-10-32(11-3-1)45-26-30-21-20-29(34-14-9-19-42-43(34)38-13-5-7-18-41(38)46-42)25-39(30)33-23-22-28(24-31(33)27-45)35-15-8-16-37-36-12-4-6-17-40(36)47-44(35)37/h1-25H,26-27H2. The number of rotatable bonds is 3. The largest absolute Gasteiger partial charge is 0.456 e. The lowest BCUT2D eigenvalue weighted by Crippen LogP contribution is -2.20. The smallest absolute Gasteiger partial charge is 0.143 e. The van der Waals surface area contributed by atoms with Crippen LogP contribution < -0.4 is 4.90 Å². The minimum Gasteiger partial charge on any atom is -0.456 e. The second kappa shape index (κ2) is 10.2. The summed E-state index contributed by atoms with van der Waals surface area (Å²) >= 11 is 0. The van der Waals surface area contributed by atoms with Crippen molar-refractivity contribution >= 4 is 49.6 Å². The van der Waals surface area contributed by atoms with Gasteiger partial charge in [-0.05, 0) is 81.4 Å². The van der Waals surface area contributed by atoms with Crippen molar-refractivity contribution in [3.05, 3.63) is 163 Å². The summed E-state index contributed by atoms with van der Waals surface area (Å²) in [5.74, 6) is 0. The van der Waals surface area contributed by atoms with Crippen molar-refractivity contribution in [1.29, 1.82) is 0 Å². The zero-order valence-corrected chi connectivity index (χ0v) is 25.6. The molecule has 0 aliphatic carbocycles. The molecular formula is C44H29NO2. The number of furan rings is 2. The zero-order chi connectivity index (χ0) is 30.9. The van der Waals surface area contributed by atoms with Gasteiger partial charge in [0.15, 0.2) is 0 Å². The lowest BCUT2D eigenvalue weighted by molar-refractivity contribution is 0.669. The maximum Gasteiger partial charge on any atom is 0.143 e. The van der Waals surface area contributed by atoms with Gasteiger partial charge in [0.2, 0.25) is 0 Å². The van der Waals surface area contributed by atoms with Gasteiger partial charge in [0.25, 0.3) is 0 Å². The van der Waals surface area contributed by atoms with Crippen LogP contribution in [0.25, 0.3) is 77.3 Å². The number of hydrogen-bond acceptors (Lipinski definition) is 3. The van der Waals surface area contributed by atoms with Crippen LogP contribution in [0.2, 0.25) is 0 Å². The first-order valence-corrected chi connectivity index (χ1v) is 16.2. The second-order valence-electron chi connectivity index (χ2n) is 12.5. The average molecular weight is 604 g/mol. The summed E-state index contributed by atoms with van der Waals surface area (Å²) in [6.07, 6.45) is 0. The monoisotopic (exact) mass is 603 g/mol. The van der Waals surface area contributed by atoms with Gasteiger partial charge >= 0.3 is 0 Å². The molecule has 0 saturated carbocycles. The Morgan fingerprint density at radius 2 is 1.06 bits per heavy atom. The molecule has 0 radical (unpaired) electrons. The fraction of sp³-hybridized carbons (Fsp3) is 0.0455. The molecule has 3 heteroatoms. The highest BCUT2D eigenvalue weighted by Gasteiger charge is 2.23. The minimum atomic E-state index is 0.801. The molecule has 47 heavy (non-hydrogen) atoms.